The van der Waals surface area contributed by atoms with Gasteiger partial charge in [-0.1, -0.05) is 81.8 Å². The lowest BCUT2D eigenvalue weighted by molar-refractivity contribution is -0.130. The average Bonchev–Trinajstić information content (AvgIpc) is 3.25. The first-order chi connectivity index (χ1) is 13.6. The minimum atomic E-state index is -0.520. The Morgan fingerprint density at radius 1 is 1.04 bits per heavy atom. The summed E-state index contributed by atoms with van der Waals surface area (Å²) in [6.07, 6.45) is 3.53. The van der Waals surface area contributed by atoms with Crippen molar-refractivity contribution in [2.45, 2.75) is 6.92 Å². The number of esters is 1. The quantitative estimate of drug-likeness (QED) is 0.414. The third kappa shape index (κ3) is 3.73. The first kappa shape index (κ1) is 18.1. The second kappa shape index (κ2) is 7.78. The molecule has 0 aliphatic carbocycles. The van der Waals surface area contributed by atoms with Crippen LogP contribution in [0, 0.1) is 6.92 Å². The number of rotatable bonds is 4. The van der Waals surface area contributed by atoms with Crippen molar-refractivity contribution in [1.29, 1.82) is 0 Å². The molecule has 1 aliphatic heterocycles. The third-order valence-electron chi connectivity index (χ3n) is 4.12. The van der Waals surface area contributed by atoms with E-state index in [1.54, 1.807) is 13.0 Å². The molecule has 2 aromatic carbocycles. The van der Waals surface area contributed by atoms with Crippen molar-refractivity contribution >= 4 is 33.9 Å². The minimum absolute atomic E-state index is 0.189. The number of nitrogens with zero attached hydrogens (tertiary/aromatic N) is 2. The van der Waals surface area contributed by atoms with Crippen LogP contribution in [0.2, 0.25) is 0 Å². The van der Waals surface area contributed by atoms with Gasteiger partial charge in [-0.15, -0.1) is 0 Å². The number of hydrogen-bond donors (Lipinski definition) is 0. The van der Waals surface area contributed by atoms with Gasteiger partial charge in [0.15, 0.2) is 5.70 Å². The van der Waals surface area contributed by atoms with Gasteiger partial charge in [-0.25, -0.2) is 9.79 Å². The Bertz CT molecular complexity index is 1110. The highest BCUT2D eigenvalue weighted by molar-refractivity contribution is 9.12. The van der Waals surface area contributed by atoms with Crippen molar-refractivity contribution in [1.82, 2.24) is 5.16 Å². The number of allylic oxidation sites excluding steroid dienone is 2. The van der Waals surface area contributed by atoms with Gasteiger partial charge in [0, 0.05) is 10.0 Å². The van der Waals surface area contributed by atoms with E-state index in [0.29, 0.717) is 21.5 Å². The molecule has 138 valence electrons. The van der Waals surface area contributed by atoms with Gasteiger partial charge in [0.1, 0.15) is 17.0 Å². The van der Waals surface area contributed by atoms with E-state index in [2.05, 4.69) is 26.1 Å². The van der Waals surface area contributed by atoms with E-state index in [1.807, 2.05) is 66.7 Å². The smallest absolute Gasteiger partial charge is 0.363 e. The second-order valence-corrected chi connectivity index (χ2v) is 7.02. The van der Waals surface area contributed by atoms with Gasteiger partial charge in [0.2, 0.25) is 5.90 Å². The SMILES string of the molecule is Cc1onc(-c2ccccc2)c1C1=NC(=CC(Br)=Cc2ccccc2)C(=O)O1. The van der Waals surface area contributed by atoms with Gasteiger partial charge in [0.05, 0.1) is 0 Å². The van der Waals surface area contributed by atoms with Gasteiger partial charge in [0.25, 0.3) is 0 Å². The maximum absolute atomic E-state index is 12.3. The van der Waals surface area contributed by atoms with Gasteiger partial charge in [-0.05, 0) is 24.6 Å². The van der Waals surface area contributed by atoms with Crippen LogP contribution in [0.15, 0.2) is 86.4 Å². The zero-order valence-corrected chi connectivity index (χ0v) is 16.5. The molecule has 0 saturated heterocycles. The molecule has 3 aromatic rings. The number of aryl methyl sites for hydroxylation is 1. The minimum Gasteiger partial charge on any atom is -0.402 e. The van der Waals surface area contributed by atoms with Crippen LogP contribution in [-0.4, -0.2) is 17.0 Å². The van der Waals surface area contributed by atoms with Crippen LogP contribution in [-0.2, 0) is 9.53 Å². The van der Waals surface area contributed by atoms with E-state index >= 15 is 0 Å². The molecule has 0 fully saturated rings. The fourth-order valence-corrected chi connectivity index (χ4v) is 3.30. The molecule has 0 bridgehead atoms. The van der Waals surface area contributed by atoms with Crippen LogP contribution in [0.4, 0.5) is 0 Å². The molecule has 0 saturated carbocycles. The second-order valence-electron chi connectivity index (χ2n) is 6.10. The number of cyclic esters (lactones) is 1. The van der Waals surface area contributed by atoms with E-state index in [9.17, 15) is 4.79 Å². The zero-order valence-electron chi connectivity index (χ0n) is 14.9. The van der Waals surface area contributed by atoms with Crippen LogP contribution in [0.3, 0.4) is 0 Å². The first-order valence-electron chi connectivity index (χ1n) is 8.58. The lowest BCUT2D eigenvalue weighted by Crippen LogP contribution is -2.07. The van der Waals surface area contributed by atoms with Crippen molar-refractivity contribution in [2.75, 3.05) is 0 Å². The number of halogens is 1. The van der Waals surface area contributed by atoms with Crippen molar-refractivity contribution in [2.24, 2.45) is 4.99 Å². The third-order valence-corrected chi connectivity index (χ3v) is 4.58. The Morgan fingerprint density at radius 2 is 1.71 bits per heavy atom. The molecule has 1 aliphatic rings. The van der Waals surface area contributed by atoms with E-state index in [4.69, 9.17) is 9.26 Å². The predicted octanol–water partition coefficient (Wildman–Crippen LogP) is 5.27. The fourth-order valence-electron chi connectivity index (χ4n) is 2.81. The van der Waals surface area contributed by atoms with Crippen LogP contribution in [0.1, 0.15) is 16.9 Å². The highest BCUT2D eigenvalue weighted by Gasteiger charge is 2.30. The summed E-state index contributed by atoms with van der Waals surface area (Å²) in [4.78, 5) is 16.7. The van der Waals surface area contributed by atoms with Crippen molar-refractivity contribution in [3.63, 3.8) is 0 Å². The lowest BCUT2D eigenvalue weighted by Gasteiger charge is -2.01. The maximum atomic E-state index is 12.3. The van der Waals surface area contributed by atoms with E-state index in [0.717, 1.165) is 11.1 Å². The van der Waals surface area contributed by atoms with Crippen molar-refractivity contribution in [3.8, 4) is 11.3 Å². The summed E-state index contributed by atoms with van der Waals surface area (Å²) in [7, 11) is 0. The molecule has 0 amide bonds. The number of ether oxygens (including phenoxy) is 1. The largest absolute Gasteiger partial charge is 0.402 e. The highest BCUT2D eigenvalue weighted by Crippen LogP contribution is 2.29. The standard InChI is InChI=1S/C22H15BrN2O3/c1-14-19(20(25-28-14)16-10-6-3-7-11-16)21-24-18(22(26)27-21)13-17(23)12-15-8-4-2-5-9-15/h2-13H,1H3. The van der Waals surface area contributed by atoms with Crippen molar-refractivity contribution < 1.29 is 14.1 Å². The predicted molar refractivity (Wildman–Crippen MR) is 111 cm³/mol. The van der Waals surface area contributed by atoms with E-state index < -0.39 is 5.97 Å². The molecule has 0 spiro atoms. The Hall–Kier alpha value is -3.25. The summed E-state index contributed by atoms with van der Waals surface area (Å²) in [6, 6.07) is 19.3. The number of benzene rings is 2. The molecule has 0 unspecified atom stereocenters. The molecule has 1 aromatic heterocycles. The van der Waals surface area contributed by atoms with Gasteiger partial charge in [-0.3, -0.25) is 0 Å². The summed E-state index contributed by atoms with van der Waals surface area (Å²) < 4.78 is 11.4. The molecule has 0 radical (unpaired) electrons. The summed E-state index contributed by atoms with van der Waals surface area (Å²) in [6.45, 7) is 1.76. The zero-order chi connectivity index (χ0) is 19.5. The number of carbonyl (C=O) groups excluding carboxylic acids is 1. The first-order valence-corrected chi connectivity index (χ1v) is 9.38. The number of carbonyl (C=O) groups is 1. The van der Waals surface area contributed by atoms with Gasteiger partial charge >= 0.3 is 5.97 Å². The highest BCUT2D eigenvalue weighted by atomic mass is 79.9. The molecular formula is C22H15BrN2O3. The average molecular weight is 435 g/mol. The molecule has 5 nitrogen and oxygen atoms in total. The fraction of sp³-hybridized carbons (Fsp3) is 0.0455. The Labute approximate surface area is 170 Å². The summed E-state index contributed by atoms with van der Waals surface area (Å²) in [5.74, 6) is 0.201. The number of aliphatic imine (C=N–C) groups is 1. The van der Waals surface area contributed by atoms with E-state index in [1.165, 1.54) is 0 Å². The molecular weight excluding hydrogens is 420 g/mol. The van der Waals surface area contributed by atoms with Gasteiger partial charge in [-0.2, -0.15) is 0 Å². The molecule has 28 heavy (non-hydrogen) atoms. The normalized spacial score (nSPS) is 15.6. The summed E-state index contributed by atoms with van der Waals surface area (Å²) >= 11 is 3.46. The Kier molecular flexibility index (Phi) is 5.04. The maximum Gasteiger partial charge on any atom is 0.363 e. The van der Waals surface area contributed by atoms with E-state index in [-0.39, 0.29) is 11.6 Å². The molecule has 6 heteroatoms. The molecule has 0 atom stereocenters. The Balaban J connectivity index is 1.69. The van der Waals surface area contributed by atoms with Crippen LogP contribution in [0.25, 0.3) is 17.3 Å². The van der Waals surface area contributed by atoms with Crippen LogP contribution < -0.4 is 0 Å². The van der Waals surface area contributed by atoms with Gasteiger partial charge < -0.3 is 9.26 Å². The summed E-state index contributed by atoms with van der Waals surface area (Å²) in [5, 5.41) is 4.11. The van der Waals surface area contributed by atoms with Crippen LogP contribution in [0.5, 0.6) is 0 Å². The number of hydrogen-bond acceptors (Lipinski definition) is 5. The monoisotopic (exact) mass is 434 g/mol. The molecule has 4 rings (SSSR count). The Morgan fingerprint density at radius 3 is 2.43 bits per heavy atom. The topological polar surface area (TPSA) is 64.7 Å². The molecule has 2 heterocycles. The number of aromatic nitrogens is 1. The molecule has 0 N–H and O–H groups in total. The lowest BCUT2D eigenvalue weighted by atomic mass is 10.1. The summed E-state index contributed by atoms with van der Waals surface area (Å²) in [5.41, 5.74) is 3.23. The van der Waals surface area contributed by atoms with Crippen molar-refractivity contribution in [3.05, 3.63) is 93.8 Å². The van der Waals surface area contributed by atoms with Crippen LogP contribution >= 0.6 is 15.9 Å².